The molecule has 0 amide bonds. The van der Waals surface area contributed by atoms with E-state index in [1.807, 2.05) is 12.1 Å². The number of benzene rings is 2. The second-order valence-electron chi connectivity index (χ2n) is 6.84. The van der Waals surface area contributed by atoms with E-state index in [-0.39, 0.29) is 11.5 Å². The summed E-state index contributed by atoms with van der Waals surface area (Å²) in [6.07, 6.45) is 2.46. The number of rotatable bonds is 6. The smallest absolute Gasteiger partial charge is 0.309 e. The van der Waals surface area contributed by atoms with E-state index in [1.165, 1.54) is 11.1 Å². The Morgan fingerprint density at radius 3 is 2.33 bits per heavy atom. The molecule has 1 aromatic heterocycles. The van der Waals surface area contributed by atoms with Crippen LogP contribution < -0.4 is 4.18 Å². The summed E-state index contributed by atoms with van der Waals surface area (Å²) < 4.78 is 34.8. The molecule has 0 N–H and O–H groups in total. The maximum Gasteiger partial charge on any atom is 0.309 e. The van der Waals surface area contributed by atoms with Crippen LogP contribution in [0.2, 0.25) is 0 Å². The maximum atomic E-state index is 12.3. The van der Waals surface area contributed by atoms with Gasteiger partial charge in [0.1, 0.15) is 5.75 Å². The van der Waals surface area contributed by atoms with Crippen LogP contribution in [0.15, 0.2) is 53.1 Å². The Morgan fingerprint density at radius 2 is 1.74 bits per heavy atom. The molecule has 0 saturated carbocycles. The molecule has 7 heteroatoms. The van der Waals surface area contributed by atoms with Gasteiger partial charge in [-0.25, -0.2) is 0 Å². The lowest BCUT2D eigenvalue weighted by atomic mass is 10.0. The van der Waals surface area contributed by atoms with Crippen molar-refractivity contribution in [1.82, 2.24) is 10.1 Å². The molecule has 27 heavy (non-hydrogen) atoms. The van der Waals surface area contributed by atoms with Gasteiger partial charge in [-0.3, -0.25) is 0 Å². The third kappa shape index (κ3) is 4.19. The molecule has 0 aliphatic heterocycles. The van der Waals surface area contributed by atoms with Gasteiger partial charge < -0.3 is 8.71 Å². The Bertz CT molecular complexity index is 1020. The highest BCUT2D eigenvalue weighted by atomic mass is 32.2. The molecule has 6 nitrogen and oxygen atoms in total. The molecule has 2 aromatic carbocycles. The molecular formula is C20H20N2O4S. The SMILES string of the molecule is Cc1nc(-c2ccc(OS(=O)(=O)CCC3Cc4ccccc4C3)cc2)no1. The van der Waals surface area contributed by atoms with Crippen molar-refractivity contribution in [2.45, 2.75) is 26.2 Å². The number of fused-ring (bicyclic) bond motifs is 1. The minimum Gasteiger partial charge on any atom is -0.382 e. The van der Waals surface area contributed by atoms with E-state index in [0.717, 1.165) is 18.4 Å². The molecule has 1 aliphatic carbocycles. The van der Waals surface area contributed by atoms with Crippen molar-refractivity contribution >= 4 is 10.1 Å². The zero-order valence-electron chi connectivity index (χ0n) is 15.0. The first-order valence-corrected chi connectivity index (χ1v) is 10.5. The fourth-order valence-corrected chi connectivity index (χ4v) is 4.54. The molecule has 1 aliphatic rings. The summed E-state index contributed by atoms with van der Waals surface area (Å²) in [6, 6.07) is 14.9. The van der Waals surface area contributed by atoms with Crippen LogP contribution in [0.5, 0.6) is 5.75 Å². The van der Waals surface area contributed by atoms with Crippen LogP contribution in [0.1, 0.15) is 23.4 Å². The maximum absolute atomic E-state index is 12.3. The van der Waals surface area contributed by atoms with E-state index in [9.17, 15) is 8.42 Å². The number of hydrogen-bond acceptors (Lipinski definition) is 6. The Kier molecular flexibility index (Phi) is 4.70. The van der Waals surface area contributed by atoms with Crippen molar-refractivity contribution in [2.24, 2.45) is 5.92 Å². The summed E-state index contributed by atoms with van der Waals surface area (Å²) in [5.41, 5.74) is 3.39. The minimum atomic E-state index is -3.63. The van der Waals surface area contributed by atoms with Gasteiger partial charge in [0.2, 0.25) is 11.7 Å². The van der Waals surface area contributed by atoms with Crippen molar-refractivity contribution in [2.75, 3.05) is 5.75 Å². The number of aromatic nitrogens is 2. The zero-order chi connectivity index (χ0) is 18.9. The minimum absolute atomic E-state index is 0.0114. The molecule has 0 atom stereocenters. The van der Waals surface area contributed by atoms with Gasteiger partial charge >= 0.3 is 10.1 Å². The second-order valence-corrected chi connectivity index (χ2v) is 8.53. The number of aryl methyl sites for hydroxylation is 1. The standard InChI is InChI=1S/C20H20N2O4S/c1-14-21-20(22-25-14)16-6-8-19(9-7-16)26-27(23,24)11-10-15-12-17-4-2-3-5-18(17)13-15/h2-9,15H,10-13H2,1H3. The van der Waals surface area contributed by atoms with Crippen LogP contribution in [0.3, 0.4) is 0 Å². The Hall–Kier alpha value is -2.67. The molecule has 140 valence electrons. The van der Waals surface area contributed by atoms with E-state index < -0.39 is 10.1 Å². The molecular weight excluding hydrogens is 364 g/mol. The normalized spacial score (nSPS) is 14.3. The molecule has 0 unspecified atom stereocenters. The summed E-state index contributed by atoms with van der Waals surface area (Å²) in [6.45, 7) is 1.71. The van der Waals surface area contributed by atoms with Gasteiger partial charge in [0, 0.05) is 12.5 Å². The van der Waals surface area contributed by atoms with Crippen LogP contribution in [0.25, 0.3) is 11.4 Å². The van der Waals surface area contributed by atoms with Crippen LogP contribution in [-0.4, -0.2) is 24.3 Å². The average Bonchev–Trinajstić information content (AvgIpc) is 3.26. The highest BCUT2D eigenvalue weighted by molar-refractivity contribution is 7.87. The molecule has 4 rings (SSSR count). The van der Waals surface area contributed by atoms with Gasteiger partial charge in [-0.1, -0.05) is 29.4 Å². The number of nitrogens with zero attached hydrogens (tertiary/aromatic N) is 2. The Balaban J connectivity index is 1.35. The second kappa shape index (κ2) is 7.15. The summed E-state index contributed by atoms with van der Waals surface area (Å²) in [5.74, 6) is 1.58. The first-order valence-electron chi connectivity index (χ1n) is 8.88. The van der Waals surface area contributed by atoms with Gasteiger partial charge in [-0.2, -0.15) is 13.4 Å². The largest absolute Gasteiger partial charge is 0.382 e. The Morgan fingerprint density at radius 1 is 1.07 bits per heavy atom. The van der Waals surface area contributed by atoms with Crippen molar-refractivity contribution in [3.05, 3.63) is 65.5 Å². The lowest BCUT2D eigenvalue weighted by Crippen LogP contribution is -2.17. The monoisotopic (exact) mass is 384 g/mol. The van der Waals surface area contributed by atoms with E-state index in [4.69, 9.17) is 8.71 Å². The first-order chi connectivity index (χ1) is 13.0. The van der Waals surface area contributed by atoms with Crippen molar-refractivity contribution in [1.29, 1.82) is 0 Å². The predicted octanol–water partition coefficient (Wildman–Crippen LogP) is 3.56. The van der Waals surface area contributed by atoms with Gasteiger partial charge in [0.25, 0.3) is 0 Å². The fraction of sp³-hybridized carbons (Fsp3) is 0.300. The highest BCUT2D eigenvalue weighted by Gasteiger charge is 2.24. The number of hydrogen-bond donors (Lipinski definition) is 0. The first kappa shape index (κ1) is 17.7. The highest BCUT2D eigenvalue weighted by Crippen LogP contribution is 2.29. The van der Waals surface area contributed by atoms with Crippen LogP contribution in [0, 0.1) is 12.8 Å². The third-order valence-electron chi connectivity index (χ3n) is 4.77. The molecule has 0 fully saturated rings. The zero-order valence-corrected chi connectivity index (χ0v) is 15.8. The van der Waals surface area contributed by atoms with Gasteiger partial charge in [0.15, 0.2) is 0 Å². The molecule has 0 radical (unpaired) electrons. The molecule has 1 heterocycles. The van der Waals surface area contributed by atoms with Crippen molar-refractivity contribution in [3.63, 3.8) is 0 Å². The van der Waals surface area contributed by atoms with Crippen LogP contribution in [0.4, 0.5) is 0 Å². The molecule has 3 aromatic rings. The third-order valence-corrected chi connectivity index (χ3v) is 5.96. The predicted molar refractivity (Wildman–Crippen MR) is 101 cm³/mol. The van der Waals surface area contributed by atoms with Crippen molar-refractivity contribution in [3.8, 4) is 17.1 Å². The van der Waals surface area contributed by atoms with Crippen LogP contribution >= 0.6 is 0 Å². The summed E-state index contributed by atoms with van der Waals surface area (Å²) >= 11 is 0. The topological polar surface area (TPSA) is 82.3 Å². The Labute approximate surface area is 158 Å². The van der Waals surface area contributed by atoms with E-state index in [0.29, 0.717) is 24.1 Å². The lowest BCUT2D eigenvalue weighted by Gasteiger charge is -2.10. The molecule has 0 saturated heterocycles. The van der Waals surface area contributed by atoms with Gasteiger partial charge in [-0.15, -0.1) is 0 Å². The van der Waals surface area contributed by atoms with Crippen LogP contribution in [-0.2, 0) is 23.0 Å². The van der Waals surface area contributed by atoms with Gasteiger partial charge in [-0.05, 0) is 60.6 Å². The molecule has 0 spiro atoms. The molecule has 0 bridgehead atoms. The van der Waals surface area contributed by atoms with E-state index in [1.54, 1.807) is 31.2 Å². The lowest BCUT2D eigenvalue weighted by molar-refractivity contribution is 0.394. The average molecular weight is 384 g/mol. The summed E-state index contributed by atoms with van der Waals surface area (Å²) in [4.78, 5) is 4.14. The van der Waals surface area contributed by atoms with Gasteiger partial charge in [0.05, 0.1) is 5.75 Å². The fourth-order valence-electron chi connectivity index (χ4n) is 3.43. The van der Waals surface area contributed by atoms with E-state index >= 15 is 0 Å². The van der Waals surface area contributed by atoms with Crippen molar-refractivity contribution < 1.29 is 17.1 Å². The summed E-state index contributed by atoms with van der Waals surface area (Å²) in [7, 11) is -3.63. The quantitative estimate of drug-likeness (QED) is 0.605. The van der Waals surface area contributed by atoms with E-state index in [2.05, 4.69) is 22.3 Å². The summed E-state index contributed by atoms with van der Waals surface area (Å²) in [5, 5.41) is 3.84.